The normalized spacial score (nSPS) is 36.6. The number of ether oxygens (including phenoxy) is 1. The first-order valence-electron chi connectivity index (χ1n) is 6.38. The van der Waals surface area contributed by atoms with Gasteiger partial charge in [-0.25, -0.2) is 19.5 Å². The topological polar surface area (TPSA) is 155 Å². The summed E-state index contributed by atoms with van der Waals surface area (Å²) in [5, 5.41) is 10.4. The van der Waals surface area contributed by atoms with E-state index < -0.39 is 32.4 Å². The number of nitrogens with two attached hydrogens (primary N) is 1. The predicted molar refractivity (Wildman–Crippen MR) is 76.1 cm³/mol. The summed E-state index contributed by atoms with van der Waals surface area (Å²) in [6.07, 6.45) is -1.07. The number of rotatable bonds is 1. The van der Waals surface area contributed by atoms with Gasteiger partial charge >= 0.3 is 7.82 Å². The minimum absolute atomic E-state index is 0. The van der Waals surface area contributed by atoms with Crippen molar-refractivity contribution >= 4 is 52.1 Å². The zero-order chi connectivity index (χ0) is 15.5. The van der Waals surface area contributed by atoms with Crippen molar-refractivity contribution in [3.63, 3.8) is 0 Å². The molecular formula is C10H12N5O6PPb. The second-order valence-electron chi connectivity index (χ2n) is 4.97. The fraction of sp³-hybridized carbons (Fsp3) is 0.500. The van der Waals surface area contributed by atoms with Crippen molar-refractivity contribution in [2.24, 2.45) is 0 Å². The van der Waals surface area contributed by atoms with Crippen molar-refractivity contribution in [2.45, 2.75) is 24.5 Å². The van der Waals surface area contributed by atoms with Gasteiger partial charge < -0.3 is 20.5 Å². The Labute approximate surface area is 149 Å². The molecule has 2 saturated heterocycles. The summed E-state index contributed by atoms with van der Waals surface area (Å²) in [6, 6.07) is 0. The Bertz CT molecular complexity index is 788. The maximum Gasteiger partial charge on any atom is 0.472 e. The number of phosphoric acid groups is 1. The number of hydrogen-bond donors (Lipinski definition) is 3. The molecule has 23 heavy (non-hydrogen) atoms. The molecule has 0 bridgehead atoms. The molecule has 4 radical (unpaired) electrons. The molecule has 0 aliphatic carbocycles. The number of nitrogens with zero attached hydrogens (tertiary/aromatic N) is 4. The van der Waals surface area contributed by atoms with Gasteiger partial charge in [0.1, 0.15) is 30.2 Å². The van der Waals surface area contributed by atoms with Crippen molar-refractivity contribution < 1.29 is 28.3 Å². The predicted octanol–water partition coefficient (Wildman–Crippen LogP) is -1.20. The SMILES string of the molecule is Nc1ncnc2c1ncn2[C@@H]1O[C@@H]2COP(=O)(O)O[C@H]2[C@H]1O.[Pb]. The van der Waals surface area contributed by atoms with Crippen LogP contribution in [0, 0.1) is 0 Å². The molecular weight excluding hydrogens is 524 g/mol. The molecule has 2 aliphatic rings. The van der Waals surface area contributed by atoms with Gasteiger partial charge in [0.25, 0.3) is 0 Å². The van der Waals surface area contributed by atoms with Crippen molar-refractivity contribution in [3.8, 4) is 0 Å². The van der Waals surface area contributed by atoms with Crippen LogP contribution in [0.2, 0.25) is 0 Å². The van der Waals surface area contributed by atoms with Crippen molar-refractivity contribution in [1.82, 2.24) is 19.5 Å². The van der Waals surface area contributed by atoms with Crippen LogP contribution in [-0.4, -0.2) is 81.7 Å². The van der Waals surface area contributed by atoms with E-state index in [9.17, 15) is 14.6 Å². The Balaban J connectivity index is 0.00000156. The van der Waals surface area contributed by atoms with Crippen LogP contribution in [0.1, 0.15) is 6.23 Å². The molecule has 0 amide bonds. The van der Waals surface area contributed by atoms with Crippen molar-refractivity contribution in [1.29, 1.82) is 0 Å². The summed E-state index contributed by atoms with van der Waals surface area (Å²) >= 11 is 0. The van der Waals surface area contributed by atoms with Crippen LogP contribution in [0.25, 0.3) is 11.2 Å². The van der Waals surface area contributed by atoms with Gasteiger partial charge in [0.15, 0.2) is 17.7 Å². The van der Waals surface area contributed by atoms with E-state index in [1.807, 2.05) is 0 Å². The van der Waals surface area contributed by atoms with Crippen LogP contribution in [-0.2, 0) is 18.3 Å². The molecule has 4 heterocycles. The number of phosphoric ester groups is 1. The molecule has 2 fully saturated rings. The molecule has 122 valence electrons. The summed E-state index contributed by atoms with van der Waals surface area (Å²) < 4.78 is 28.2. The third-order valence-electron chi connectivity index (χ3n) is 3.63. The standard InChI is InChI=1S/C10H12N5O6P.Pb/c11-8-5-9(13-2-12-8)15(3-14-5)10-6(16)7-4(20-10)1-19-22(17,18)21-7;/h2-4,6-7,10,16H,1H2,(H,17,18)(H2,11,12,13);/t4-,6-,7-,10-;/m1./s1. The molecule has 11 nitrogen and oxygen atoms in total. The summed E-state index contributed by atoms with van der Waals surface area (Å²) in [4.78, 5) is 21.3. The Hall–Kier alpha value is -0.698. The monoisotopic (exact) mass is 537 g/mol. The van der Waals surface area contributed by atoms with Gasteiger partial charge in [-0.05, 0) is 0 Å². The molecule has 13 heteroatoms. The zero-order valence-electron chi connectivity index (χ0n) is 11.5. The maximum absolute atomic E-state index is 11.5. The second-order valence-corrected chi connectivity index (χ2v) is 6.38. The molecule has 4 N–H and O–H groups in total. The van der Waals surface area contributed by atoms with Gasteiger partial charge in [-0.3, -0.25) is 13.6 Å². The Morgan fingerprint density at radius 1 is 1.39 bits per heavy atom. The summed E-state index contributed by atoms with van der Waals surface area (Å²) in [5.74, 6) is 0.202. The maximum atomic E-state index is 11.5. The van der Waals surface area contributed by atoms with Crippen LogP contribution < -0.4 is 5.73 Å². The molecule has 4 rings (SSSR count). The van der Waals surface area contributed by atoms with Gasteiger partial charge in [-0.1, -0.05) is 0 Å². The minimum atomic E-state index is -4.16. The first-order valence-corrected chi connectivity index (χ1v) is 7.88. The molecule has 1 unspecified atom stereocenters. The smallest absolute Gasteiger partial charge is 0.386 e. The first-order chi connectivity index (χ1) is 10.5. The molecule has 5 atom stereocenters. The number of fused-ring (bicyclic) bond motifs is 2. The van der Waals surface area contributed by atoms with Crippen LogP contribution in [0.5, 0.6) is 0 Å². The zero-order valence-corrected chi connectivity index (χ0v) is 16.3. The van der Waals surface area contributed by atoms with Gasteiger partial charge in [0.05, 0.1) is 12.9 Å². The molecule has 2 aliphatic heterocycles. The van der Waals surface area contributed by atoms with Crippen LogP contribution in [0.4, 0.5) is 5.82 Å². The number of nitrogen functional groups attached to an aromatic ring is 1. The van der Waals surface area contributed by atoms with E-state index in [2.05, 4.69) is 19.5 Å². The summed E-state index contributed by atoms with van der Waals surface area (Å²) in [7, 11) is -4.16. The molecule has 0 aromatic carbocycles. The van der Waals surface area contributed by atoms with Gasteiger partial charge in [0.2, 0.25) is 0 Å². The van der Waals surface area contributed by atoms with E-state index in [-0.39, 0.29) is 39.7 Å². The third kappa shape index (κ3) is 2.79. The fourth-order valence-electron chi connectivity index (χ4n) is 2.62. The van der Waals surface area contributed by atoms with E-state index in [0.717, 1.165) is 0 Å². The number of hydrogen-bond acceptors (Lipinski definition) is 9. The summed E-state index contributed by atoms with van der Waals surface area (Å²) in [6.45, 7) is -0.157. The number of aliphatic hydroxyl groups excluding tert-OH is 1. The molecule has 2 aromatic rings. The number of imidazole rings is 1. The molecule has 2 aromatic heterocycles. The average molecular weight is 536 g/mol. The second kappa shape index (κ2) is 5.98. The number of anilines is 1. The first kappa shape index (κ1) is 17.1. The van der Waals surface area contributed by atoms with E-state index in [1.165, 1.54) is 17.2 Å². The largest absolute Gasteiger partial charge is 0.472 e. The molecule has 0 saturated carbocycles. The summed E-state index contributed by atoms with van der Waals surface area (Å²) in [5.41, 5.74) is 6.46. The Morgan fingerprint density at radius 2 is 2.17 bits per heavy atom. The third-order valence-corrected chi connectivity index (χ3v) is 4.61. The Kier molecular flexibility index (Phi) is 4.46. The van der Waals surface area contributed by atoms with E-state index in [0.29, 0.717) is 11.2 Å². The Morgan fingerprint density at radius 3 is 2.96 bits per heavy atom. The van der Waals surface area contributed by atoms with Crippen molar-refractivity contribution in [3.05, 3.63) is 12.7 Å². The van der Waals surface area contributed by atoms with E-state index in [1.54, 1.807) is 0 Å². The van der Waals surface area contributed by atoms with E-state index >= 15 is 0 Å². The average Bonchev–Trinajstić information content (AvgIpc) is 3.01. The number of aromatic nitrogens is 4. The van der Waals surface area contributed by atoms with Crippen LogP contribution in [0.15, 0.2) is 12.7 Å². The minimum Gasteiger partial charge on any atom is -0.386 e. The van der Waals surface area contributed by atoms with E-state index in [4.69, 9.17) is 15.0 Å². The van der Waals surface area contributed by atoms with Crippen LogP contribution in [0.3, 0.4) is 0 Å². The molecule has 0 spiro atoms. The van der Waals surface area contributed by atoms with Gasteiger partial charge in [-0.15, -0.1) is 0 Å². The quantitative estimate of drug-likeness (QED) is 0.299. The van der Waals surface area contributed by atoms with Gasteiger partial charge in [0, 0.05) is 27.3 Å². The fourth-order valence-corrected chi connectivity index (χ4v) is 3.59. The van der Waals surface area contributed by atoms with Gasteiger partial charge in [-0.2, -0.15) is 0 Å². The number of aliphatic hydroxyl groups is 1. The van der Waals surface area contributed by atoms with Crippen molar-refractivity contribution in [2.75, 3.05) is 12.3 Å². The van der Waals surface area contributed by atoms with Crippen LogP contribution >= 0.6 is 7.82 Å².